The molecule has 2 aromatic carbocycles. The van der Waals surface area contributed by atoms with Crippen LogP contribution in [0, 0.1) is 5.92 Å². The quantitative estimate of drug-likeness (QED) is 0.687. The monoisotopic (exact) mass is 488 g/mol. The molecule has 1 aliphatic carbocycles. The van der Waals surface area contributed by atoms with E-state index in [-0.39, 0.29) is 40.5 Å². The van der Waals surface area contributed by atoms with Gasteiger partial charge in [0.2, 0.25) is 15.9 Å². The highest BCUT2D eigenvalue weighted by atomic mass is 35.5. The van der Waals surface area contributed by atoms with Crippen molar-refractivity contribution < 1.29 is 31.1 Å². The number of morpholine rings is 1. The standard InChI is InChI=1S/C21H20ClF3N2O4S/c22-18-6-5-15(11-19(18)32(29,30)27-7-9-31-10-8-27)26-20(28)17-12-16(17)13-1-3-14(4-2-13)21(23,24)25/h1-6,11,16-17H,7-10,12H2,(H,26,28). The van der Waals surface area contributed by atoms with E-state index in [1.807, 2.05) is 0 Å². The number of benzene rings is 2. The van der Waals surface area contributed by atoms with Gasteiger partial charge < -0.3 is 10.1 Å². The molecule has 1 heterocycles. The van der Waals surface area contributed by atoms with Gasteiger partial charge in [-0.1, -0.05) is 23.7 Å². The smallest absolute Gasteiger partial charge is 0.379 e. The highest BCUT2D eigenvalue weighted by molar-refractivity contribution is 7.89. The zero-order valence-electron chi connectivity index (χ0n) is 16.7. The number of carbonyl (C=O) groups excluding carboxylic acids is 1. The van der Waals surface area contributed by atoms with Gasteiger partial charge in [-0.2, -0.15) is 17.5 Å². The van der Waals surface area contributed by atoms with Crippen molar-refractivity contribution in [3.8, 4) is 0 Å². The zero-order valence-corrected chi connectivity index (χ0v) is 18.3. The van der Waals surface area contributed by atoms with E-state index >= 15 is 0 Å². The van der Waals surface area contributed by atoms with Gasteiger partial charge in [0.1, 0.15) is 4.90 Å². The molecule has 1 saturated carbocycles. The first kappa shape index (κ1) is 23.0. The normalized spacial score (nSPS) is 21.9. The molecule has 1 saturated heterocycles. The van der Waals surface area contributed by atoms with Gasteiger partial charge in [0.25, 0.3) is 0 Å². The summed E-state index contributed by atoms with van der Waals surface area (Å²) in [6.07, 6.45) is -3.91. The Labute approximate surface area is 188 Å². The van der Waals surface area contributed by atoms with Crippen molar-refractivity contribution in [3.05, 3.63) is 58.6 Å². The van der Waals surface area contributed by atoms with Gasteiger partial charge in [-0.15, -0.1) is 0 Å². The van der Waals surface area contributed by atoms with Crippen LogP contribution in [-0.4, -0.2) is 44.9 Å². The molecule has 6 nitrogen and oxygen atoms in total. The number of amides is 1. The Morgan fingerprint density at radius 1 is 1.09 bits per heavy atom. The molecule has 1 amide bonds. The first-order valence-corrected chi connectivity index (χ1v) is 11.7. The average molecular weight is 489 g/mol. The fraction of sp³-hybridized carbons (Fsp3) is 0.381. The van der Waals surface area contributed by atoms with Crippen molar-refractivity contribution in [1.82, 2.24) is 4.31 Å². The van der Waals surface area contributed by atoms with E-state index in [1.165, 1.54) is 34.6 Å². The summed E-state index contributed by atoms with van der Waals surface area (Å²) in [5, 5.41) is 2.74. The third-order valence-corrected chi connectivity index (χ3v) is 7.96. The third kappa shape index (κ3) is 4.78. The van der Waals surface area contributed by atoms with Crippen LogP contribution in [0.15, 0.2) is 47.4 Å². The Balaban J connectivity index is 1.45. The molecule has 0 spiro atoms. The van der Waals surface area contributed by atoms with Crippen molar-refractivity contribution in [1.29, 1.82) is 0 Å². The second-order valence-electron chi connectivity index (χ2n) is 7.72. The lowest BCUT2D eigenvalue weighted by Gasteiger charge is -2.26. The van der Waals surface area contributed by atoms with E-state index < -0.39 is 27.7 Å². The number of anilines is 1. The Morgan fingerprint density at radius 3 is 2.38 bits per heavy atom. The second kappa shape index (κ2) is 8.66. The average Bonchev–Trinajstić information content (AvgIpc) is 3.56. The van der Waals surface area contributed by atoms with E-state index in [9.17, 15) is 26.4 Å². The van der Waals surface area contributed by atoms with Crippen LogP contribution < -0.4 is 5.32 Å². The summed E-state index contributed by atoms with van der Waals surface area (Å²) in [6, 6.07) is 9.01. The summed E-state index contributed by atoms with van der Waals surface area (Å²) in [6.45, 7) is 1.01. The molecule has 0 aromatic heterocycles. The molecule has 32 heavy (non-hydrogen) atoms. The predicted octanol–water partition coefficient (Wildman–Crippen LogP) is 4.12. The Morgan fingerprint density at radius 2 is 1.75 bits per heavy atom. The van der Waals surface area contributed by atoms with Gasteiger partial charge >= 0.3 is 6.18 Å². The van der Waals surface area contributed by atoms with Crippen LogP contribution in [0.4, 0.5) is 18.9 Å². The molecule has 11 heteroatoms. The molecular weight excluding hydrogens is 469 g/mol. The number of sulfonamides is 1. The summed E-state index contributed by atoms with van der Waals surface area (Å²) in [5.41, 5.74) is 0.201. The highest BCUT2D eigenvalue weighted by Gasteiger charge is 2.44. The summed E-state index contributed by atoms with van der Waals surface area (Å²) in [7, 11) is -3.85. The van der Waals surface area contributed by atoms with Crippen LogP contribution in [-0.2, 0) is 25.7 Å². The first-order valence-electron chi connectivity index (χ1n) is 9.93. The SMILES string of the molecule is O=C(Nc1ccc(Cl)c(S(=O)(=O)N2CCOCC2)c1)C1CC1c1ccc(C(F)(F)F)cc1. The largest absolute Gasteiger partial charge is 0.416 e. The van der Waals surface area contributed by atoms with Crippen LogP contribution in [0.1, 0.15) is 23.5 Å². The fourth-order valence-corrected chi connectivity index (χ4v) is 5.62. The summed E-state index contributed by atoms with van der Waals surface area (Å²) < 4.78 is 70.5. The molecule has 4 rings (SSSR count). The maximum absolute atomic E-state index is 12.9. The zero-order chi connectivity index (χ0) is 23.1. The van der Waals surface area contributed by atoms with Crippen LogP contribution in [0.3, 0.4) is 0 Å². The number of hydrogen-bond acceptors (Lipinski definition) is 4. The molecule has 0 radical (unpaired) electrons. The molecule has 2 fully saturated rings. The number of ether oxygens (including phenoxy) is 1. The number of alkyl halides is 3. The summed E-state index contributed by atoms with van der Waals surface area (Å²) in [4.78, 5) is 12.5. The molecule has 2 aliphatic rings. The van der Waals surface area contributed by atoms with E-state index in [4.69, 9.17) is 16.3 Å². The van der Waals surface area contributed by atoms with E-state index in [0.29, 0.717) is 25.2 Å². The van der Waals surface area contributed by atoms with Crippen molar-refractivity contribution in [2.45, 2.75) is 23.4 Å². The van der Waals surface area contributed by atoms with Crippen molar-refractivity contribution in [2.24, 2.45) is 5.92 Å². The van der Waals surface area contributed by atoms with Gasteiger partial charge in [0, 0.05) is 24.7 Å². The second-order valence-corrected chi connectivity index (χ2v) is 10.0. The van der Waals surface area contributed by atoms with Crippen LogP contribution in [0.5, 0.6) is 0 Å². The highest BCUT2D eigenvalue weighted by Crippen LogP contribution is 2.48. The van der Waals surface area contributed by atoms with Crippen LogP contribution in [0.25, 0.3) is 0 Å². The van der Waals surface area contributed by atoms with Gasteiger partial charge in [-0.25, -0.2) is 8.42 Å². The number of nitrogens with zero attached hydrogens (tertiary/aromatic N) is 1. The molecular formula is C21H20ClF3N2O4S. The lowest BCUT2D eigenvalue weighted by molar-refractivity contribution is -0.137. The van der Waals surface area contributed by atoms with Crippen molar-refractivity contribution in [3.63, 3.8) is 0 Å². The molecule has 2 unspecified atom stereocenters. The third-order valence-electron chi connectivity index (χ3n) is 5.58. The van der Waals surface area contributed by atoms with Gasteiger partial charge in [-0.05, 0) is 48.2 Å². The minimum absolute atomic E-state index is 0.0449. The molecule has 2 atom stereocenters. The topological polar surface area (TPSA) is 75.7 Å². The van der Waals surface area contributed by atoms with Crippen LogP contribution >= 0.6 is 11.6 Å². The van der Waals surface area contributed by atoms with E-state index in [1.54, 1.807) is 0 Å². The van der Waals surface area contributed by atoms with Crippen molar-refractivity contribution >= 4 is 33.2 Å². The lowest BCUT2D eigenvalue weighted by Crippen LogP contribution is -2.40. The number of halogens is 4. The maximum Gasteiger partial charge on any atom is 0.416 e. The Hall–Kier alpha value is -2.14. The predicted molar refractivity (Wildman–Crippen MR) is 112 cm³/mol. The van der Waals surface area contributed by atoms with Gasteiger partial charge in [-0.3, -0.25) is 4.79 Å². The lowest BCUT2D eigenvalue weighted by atomic mass is 10.1. The number of rotatable bonds is 5. The van der Waals surface area contributed by atoms with E-state index in [0.717, 1.165) is 12.1 Å². The van der Waals surface area contributed by atoms with Gasteiger partial charge in [0.15, 0.2) is 0 Å². The molecule has 0 bridgehead atoms. The van der Waals surface area contributed by atoms with Crippen molar-refractivity contribution in [2.75, 3.05) is 31.6 Å². The Bertz CT molecular complexity index is 1120. The molecule has 172 valence electrons. The minimum Gasteiger partial charge on any atom is -0.379 e. The number of carbonyl (C=O) groups is 1. The fourth-order valence-electron chi connectivity index (χ4n) is 3.71. The molecule has 1 N–H and O–H groups in total. The van der Waals surface area contributed by atoms with Gasteiger partial charge in [0.05, 0.1) is 23.8 Å². The Kier molecular flexibility index (Phi) is 6.23. The summed E-state index contributed by atoms with van der Waals surface area (Å²) >= 11 is 6.13. The summed E-state index contributed by atoms with van der Waals surface area (Å²) in [5.74, 6) is -0.908. The minimum atomic E-state index is -4.41. The molecule has 1 aliphatic heterocycles. The molecule has 2 aromatic rings. The first-order chi connectivity index (χ1) is 15.1. The van der Waals surface area contributed by atoms with E-state index in [2.05, 4.69) is 5.32 Å². The van der Waals surface area contributed by atoms with Crippen LogP contribution in [0.2, 0.25) is 5.02 Å². The number of nitrogens with one attached hydrogen (secondary N) is 1. The number of hydrogen-bond donors (Lipinski definition) is 1. The maximum atomic E-state index is 12.9.